The molecule has 8 nitrogen and oxygen atoms in total. The Kier molecular flexibility index (Phi) is 6.41. The van der Waals surface area contributed by atoms with Crippen molar-refractivity contribution in [2.24, 2.45) is 0 Å². The second-order valence-electron chi connectivity index (χ2n) is 4.25. The average Bonchev–Trinajstić information content (AvgIpc) is 2.37. The van der Waals surface area contributed by atoms with Crippen LogP contribution < -0.4 is 5.73 Å². The maximum atomic E-state index is 10.9. The van der Waals surface area contributed by atoms with E-state index in [1.54, 1.807) is 24.3 Å². The zero-order chi connectivity index (χ0) is 16.9. The van der Waals surface area contributed by atoms with Crippen LogP contribution in [-0.4, -0.2) is 38.0 Å². The number of benzene rings is 2. The fraction of sp³-hybridized carbons (Fsp3) is 0.167. The van der Waals surface area contributed by atoms with Gasteiger partial charge in [-0.3, -0.25) is 13.3 Å². The van der Waals surface area contributed by atoms with Crippen molar-refractivity contribution in [2.75, 3.05) is 12.3 Å². The van der Waals surface area contributed by atoms with Gasteiger partial charge in [0.05, 0.1) is 11.9 Å². The molecule has 0 aromatic heterocycles. The van der Waals surface area contributed by atoms with Crippen LogP contribution in [0.25, 0.3) is 10.8 Å². The van der Waals surface area contributed by atoms with E-state index < -0.39 is 33.3 Å². The van der Waals surface area contributed by atoms with Gasteiger partial charge in [-0.15, -0.1) is 0 Å². The molecule has 2 unspecified atom stereocenters. The SMILES string of the molecule is Nc1ccc2cc(C(CO)S(=O)[O-])ccc2c1.O=S(=O)(O)O. The number of nitrogens with two attached hydrogens (primary N) is 1. The highest BCUT2D eigenvalue weighted by Gasteiger charge is 2.11. The number of aliphatic hydroxyl groups is 1. The van der Waals surface area contributed by atoms with Gasteiger partial charge in [-0.2, -0.15) is 8.42 Å². The van der Waals surface area contributed by atoms with Crippen molar-refractivity contribution in [3.05, 3.63) is 42.0 Å². The van der Waals surface area contributed by atoms with Crippen LogP contribution in [-0.2, 0) is 21.5 Å². The van der Waals surface area contributed by atoms with Gasteiger partial charge in [0, 0.05) is 5.69 Å². The first-order valence-electron chi connectivity index (χ1n) is 5.80. The number of aliphatic hydroxyl groups excluding tert-OH is 1. The fourth-order valence-electron chi connectivity index (χ4n) is 1.76. The van der Waals surface area contributed by atoms with Crippen LogP contribution >= 0.6 is 0 Å². The second kappa shape index (κ2) is 7.63. The molecule has 2 rings (SSSR count). The first kappa shape index (κ1) is 18.5. The van der Waals surface area contributed by atoms with E-state index in [-0.39, 0.29) is 0 Å². The average molecular weight is 348 g/mol. The lowest BCUT2D eigenvalue weighted by Crippen LogP contribution is -2.10. The summed E-state index contributed by atoms with van der Waals surface area (Å²) in [7, 11) is -4.67. The third kappa shape index (κ3) is 6.05. The molecular formula is C12H14NO7S2-. The van der Waals surface area contributed by atoms with E-state index in [0.717, 1.165) is 10.8 Å². The Labute approximate surface area is 129 Å². The van der Waals surface area contributed by atoms with Gasteiger partial charge >= 0.3 is 10.4 Å². The number of rotatable bonds is 3. The Morgan fingerprint density at radius 2 is 1.64 bits per heavy atom. The molecule has 10 heteroatoms. The molecular weight excluding hydrogens is 334 g/mol. The van der Waals surface area contributed by atoms with Crippen molar-refractivity contribution in [3.63, 3.8) is 0 Å². The Bertz CT molecular complexity index is 768. The summed E-state index contributed by atoms with van der Waals surface area (Å²) in [5.74, 6) is 0. The maximum absolute atomic E-state index is 10.9. The normalized spacial score (nSPS) is 14.0. The molecule has 0 amide bonds. The van der Waals surface area contributed by atoms with Crippen LogP contribution in [0.2, 0.25) is 0 Å². The zero-order valence-corrected chi connectivity index (χ0v) is 12.8. The number of hydrogen-bond acceptors (Lipinski definition) is 6. The van der Waals surface area contributed by atoms with Gasteiger partial charge in [0.2, 0.25) is 0 Å². The summed E-state index contributed by atoms with van der Waals surface area (Å²) in [5.41, 5.74) is 6.90. The van der Waals surface area contributed by atoms with E-state index in [9.17, 15) is 8.76 Å². The molecule has 0 spiro atoms. The van der Waals surface area contributed by atoms with Gasteiger partial charge in [0.1, 0.15) is 0 Å². The Balaban J connectivity index is 0.000000422. The summed E-state index contributed by atoms with van der Waals surface area (Å²) in [4.78, 5) is 0. The number of nitrogen functional groups attached to an aromatic ring is 1. The van der Waals surface area contributed by atoms with Crippen molar-refractivity contribution < 1.29 is 31.4 Å². The second-order valence-corrected chi connectivity index (χ2v) is 6.23. The first-order valence-corrected chi connectivity index (χ1v) is 8.33. The fourth-order valence-corrected chi connectivity index (χ4v) is 2.25. The largest absolute Gasteiger partial charge is 0.772 e. The van der Waals surface area contributed by atoms with Crippen LogP contribution in [0.1, 0.15) is 10.8 Å². The Morgan fingerprint density at radius 3 is 2.14 bits per heavy atom. The minimum atomic E-state index is -4.67. The molecule has 0 saturated heterocycles. The molecule has 2 aromatic rings. The van der Waals surface area contributed by atoms with E-state index >= 15 is 0 Å². The number of hydrogen-bond donors (Lipinski definition) is 4. The van der Waals surface area contributed by atoms with Crippen LogP contribution in [0.3, 0.4) is 0 Å². The summed E-state index contributed by atoms with van der Waals surface area (Å²) in [6, 6.07) is 10.7. The van der Waals surface area contributed by atoms with Crippen molar-refractivity contribution in [1.82, 2.24) is 0 Å². The number of anilines is 1. The predicted octanol–water partition coefficient (Wildman–Crippen LogP) is 0.682. The third-order valence-electron chi connectivity index (χ3n) is 2.66. The smallest absolute Gasteiger partial charge is 0.394 e. The first-order chi connectivity index (χ1) is 10.1. The molecule has 0 aliphatic carbocycles. The zero-order valence-electron chi connectivity index (χ0n) is 11.1. The van der Waals surface area contributed by atoms with E-state index in [1.165, 1.54) is 0 Å². The van der Waals surface area contributed by atoms with Crippen LogP contribution in [0.15, 0.2) is 36.4 Å². The summed E-state index contributed by atoms with van der Waals surface area (Å²) in [5, 5.41) is 10.0. The van der Waals surface area contributed by atoms with E-state index in [2.05, 4.69) is 0 Å². The van der Waals surface area contributed by atoms with Crippen molar-refractivity contribution in [3.8, 4) is 0 Å². The Hall–Kier alpha value is -1.56. The lowest BCUT2D eigenvalue weighted by Gasteiger charge is -2.18. The lowest BCUT2D eigenvalue weighted by atomic mass is 10.0. The van der Waals surface area contributed by atoms with E-state index in [1.807, 2.05) is 12.1 Å². The molecule has 22 heavy (non-hydrogen) atoms. The molecule has 2 aromatic carbocycles. The summed E-state index contributed by atoms with van der Waals surface area (Å²) in [6.45, 7) is -0.420. The van der Waals surface area contributed by atoms with Crippen molar-refractivity contribution in [1.29, 1.82) is 0 Å². The predicted molar refractivity (Wildman–Crippen MR) is 81.3 cm³/mol. The highest BCUT2D eigenvalue weighted by atomic mass is 32.3. The van der Waals surface area contributed by atoms with E-state index in [4.69, 9.17) is 28.4 Å². The maximum Gasteiger partial charge on any atom is 0.394 e. The van der Waals surface area contributed by atoms with Crippen LogP contribution in [0.4, 0.5) is 5.69 Å². The van der Waals surface area contributed by atoms with Crippen molar-refractivity contribution in [2.45, 2.75) is 5.25 Å². The van der Waals surface area contributed by atoms with Gasteiger partial charge in [0.25, 0.3) is 0 Å². The standard InChI is InChI=1S/C12H13NO3S.H2O4S/c13-11-4-3-8-5-10(2-1-9(8)6-11)12(7-14)17(15)16;1-5(2,3)4/h1-6,12,14H,7,13H2,(H,15,16);(H2,1,2,3,4)/p-1. The van der Waals surface area contributed by atoms with Gasteiger partial charge in [-0.05, 0) is 45.6 Å². The van der Waals surface area contributed by atoms with Gasteiger partial charge < -0.3 is 15.4 Å². The molecule has 0 aliphatic heterocycles. The minimum Gasteiger partial charge on any atom is -0.772 e. The molecule has 0 heterocycles. The third-order valence-corrected chi connectivity index (χ3v) is 3.54. The van der Waals surface area contributed by atoms with E-state index in [0.29, 0.717) is 11.3 Å². The van der Waals surface area contributed by atoms with Crippen LogP contribution in [0.5, 0.6) is 0 Å². The molecule has 0 fully saturated rings. The lowest BCUT2D eigenvalue weighted by molar-refractivity contribution is 0.289. The Morgan fingerprint density at radius 1 is 1.14 bits per heavy atom. The van der Waals surface area contributed by atoms with Crippen molar-refractivity contribution >= 4 is 37.9 Å². The van der Waals surface area contributed by atoms with Gasteiger partial charge in [-0.25, -0.2) is 0 Å². The molecule has 5 N–H and O–H groups in total. The summed E-state index contributed by atoms with van der Waals surface area (Å²) < 4.78 is 53.5. The molecule has 0 radical (unpaired) electrons. The number of fused-ring (bicyclic) bond motifs is 1. The summed E-state index contributed by atoms with van der Waals surface area (Å²) >= 11 is -2.33. The molecule has 0 bridgehead atoms. The molecule has 0 aliphatic rings. The highest BCUT2D eigenvalue weighted by Crippen LogP contribution is 2.24. The molecule has 0 saturated carbocycles. The van der Waals surface area contributed by atoms with Gasteiger partial charge in [-0.1, -0.05) is 18.2 Å². The minimum absolute atomic E-state index is 0.420. The summed E-state index contributed by atoms with van der Waals surface area (Å²) in [6.07, 6.45) is 0. The quantitative estimate of drug-likeness (QED) is 0.358. The molecule has 2 atom stereocenters. The molecule has 122 valence electrons. The van der Waals surface area contributed by atoms with Crippen LogP contribution in [0, 0.1) is 0 Å². The monoisotopic (exact) mass is 348 g/mol. The van der Waals surface area contributed by atoms with Gasteiger partial charge in [0.15, 0.2) is 0 Å². The highest BCUT2D eigenvalue weighted by molar-refractivity contribution is 7.80. The topological polar surface area (TPSA) is 161 Å².